The van der Waals surface area contributed by atoms with Crippen molar-refractivity contribution in [3.05, 3.63) is 42.2 Å². The zero-order valence-electron chi connectivity index (χ0n) is 17.0. The van der Waals surface area contributed by atoms with Gasteiger partial charge in [0.2, 0.25) is 11.8 Å². The number of hydrogen-bond acceptors (Lipinski definition) is 4. The quantitative estimate of drug-likeness (QED) is 0.843. The van der Waals surface area contributed by atoms with Gasteiger partial charge in [-0.2, -0.15) is 5.10 Å². The molecular weight excluding hydrogens is 368 g/mol. The number of aryl methyl sites for hydroxylation is 1. The summed E-state index contributed by atoms with van der Waals surface area (Å²) in [5.74, 6) is 0.273. The molecule has 1 aromatic heterocycles. The molecule has 1 saturated heterocycles. The second-order valence-corrected chi connectivity index (χ2v) is 8.09. The van der Waals surface area contributed by atoms with Crippen LogP contribution >= 0.6 is 0 Å². The van der Waals surface area contributed by atoms with E-state index in [9.17, 15) is 9.59 Å². The van der Waals surface area contributed by atoms with Gasteiger partial charge in [-0.1, -0.05) is 12.1 Å². The average Bonchev–Trinajstić information content (AvgIpc) is 3.34. The standard InChI is InChI=1S/C22H28N4O3/c1-15-12-23-26(13-15)18-9-7-17(8-10-18)24-22(28)16-11-21(27)25(14-16)19-5-3-4-6-20(19)29-2/h3-6,12-13,16-18H,7-11,14H2,1-2H3,(H,24,28). The normalized spacial score (nSPS) is 24.6. The molecule has 2 aliphatic rings. The van der Waals surface area contributed by atoms with E-state index in [4.69, 9.17) is 4.74 Å². The first-order chi connectivity index (χ1) is 14.0. The van der Waals surface area contributed by atoms with E-state index in [0.717, 1.165) is 31.4 Å². The molecule has 154 valence electrons. The third-order valence-electron chi connectivity index (χ3n) is 6.02. The molecule has 1 saturated carbocycles. The third-order valence-corrected chi connectivity index (χ3v) is 6.02. The first-order valence-electron chi connectivity index (χ1n) is 10.3. The lowest BCUT2D eigenvalue weighted by Crippen LogP contribution is -2.42. The highest BCUT2D eigenvalue weighted by atomic mass is 16.5. The molecule has 29 heavy (non-hydrogen) atoms. The van der Waals surface area contributed by atoms with Gasteiger partial charge in [-0.25, -0.2) is 0 Å². The first-order valence-corrected chi connectivity index (χ1v) is 10.3. The fraction of sp³-hybridized carbons (Fsp3) is 0.500. The van der Waals surface area contributed by atoms with Crippen LogP contribution in [0.3, 0.4) is 0 Å². The molecule has 1 aromatic carbocycles. The van der Waals surface area contributed by atoms with E-state index in [2.05, 4.69) is 16.6 Å². The van der Waals surface area contributed by atoms with E-state index in [1.165, 1.54) is 5.56 Å². The SMILES string of the molecule is COc1ccccc1N1CC(C(=O)NC2CCC(n3cc(C)cn3)CC2)CC1=O. The Bertz CT molecular complexity index is 886. The van der Waals surface area contributed by atoms with Gasteiger partial charge in [0, 0.05) is 25.2 Å². The van der Waals surface area contributed by atoms with Crippen molar-refractivity contribution in [2.24, 2.45) is 5.92 Å². The molecule has 0 radical (unpaired) electrons. The van der Waals surface area contributed by atoms with Crippen molar-refractivity contribution >= 4 is 17.5 Å². The van der Waals surface area contributed by atoms with E-state index in [1.807, 2.05) is 42.1 Å². The van der Waals surface area contributed by atoms with Crippen LogP contribution in [0.5, 0.6) is 5.75 Å². The number of anilines is 1. The van der Waals surface area contributed by atoms with Crippen LogP contribution in [-0.2, 0) is 9.59 Å². The zero-order valence-corrected chi connectivity index (χ0v) is 17.0. The Balaban J connectivity index is 1.32. The highest BCUT2D eigenvalue weighted by molar-refractivity contribution is 6.01. The molecular formula is C22H28N4O3. The lowest BCUT2D eigenvalue weighted by molar-refractivity contribution is -0.127. The molecule has 1 aliphatic carbocycles. The molecule has 1 N–H and O–H groups in total. The van der Waals surface area contributed by atoms with Crippen LogP contribution in [0.25, 0.3) is 0 Å². The number of rotatable bonds is 5. The average molecular weight is 396 g/mol. The summed E-state index contributed by atoms with van der Waals surface area (Å²) in [6.07, 6.45) is 8.09. The summed E-state index contributed by atoms with van der Waals surface area (Å²) in [7, 11) is 1.59. The molecule has 1 atom stereocenters. The molecule has 0 bridgehead atoms. The maximum atomic E-state index is 12.8. The van der Waals surface area contributed by atoms with Crippen LogP contribution in [0.15, 0.2) is 36.7 Å². The Hall–Kier alpha value is -2.83. The van der Waals surface area contributed by atoms with Crippen LogP contribution < -0.4 is 15.0 Å². The minimum atomic E-state index is -0.320. The number of nitrogens with zero attached hydrogens (tertiary/aromatic N) is 3. The molecule has 1 aliphatic heterocycles. The summed E-state index contributed by atoms with van der Waals surface area (Å²) >= 11 is 0. The maximum Gasteiger partial charge on any atom is 0.227 e. The number of para-hydroxylation sites is 2. The smallest absolute Gasteiger partial charge is 0.227 e. The topological polar surface area (TPSA) is 76.5 Å². The number of nitrogens with one attached hydrogen (secondary N) is 1. The van der Waals surface area contributed by atoms with E-state index >= 15 is 0 Å². The Labute approximate surface area is 171 Å². The van der Waals surface area contributed by atoms with Crippen LogP contribution in [-0.4, -0.2) is 41.3 Å². The van der Waals surface area contributed by atoms with Crippen LogP contribution in [0, 0.1) is 12.8 Å². The summed E-state index contributed by atoms with van der Waals surface area (Å²) in [5.41, 5.74) is 1.90. The molecule has 7 nitrogen and oxygen atoms in total. The van der Waals surface area contributed by atoms with E-state index in [1.54, 1.807) is 12.0 Å². The number of ether oxygens (including phenoxy) is 1. The van der Waals surface area contributed by atoms with E-state index in [0.29, 0.717) is 18.3 Å². The van der Waals surface area contributed by atoms with Crippen molar-refractivity contribution < 1.29 is 14.3 Å². The second-order valence-electron chi connectivity index (χ2n) is 8.09. The third kappa shape index (κ3) is 4.13. The van der Waals surface area contributed by atoms with Crippen LogP contribution in [0.4, 0.5) is 5.69 Å². The number of methoxy groups -OCH3 is 1. The van der Waals surface area contributed by atoms with Gasteiger partial charge in [0.1, 0.15) is 5.75 Å². The molecule has 2 heterocycles. The summed E-state index contributed by atoms with van der Waals surface area (Å²) < 4.78 is 7.42. The molecule has 2 fully saturated rings. The summed E-state index contributed by atoms with van der Waals surface area (Å²) in [5, 5.41) is 7.60. The number of carbonyl (C=O) groups is 2. The van der Waals surface area contributed by atoms with Crippen LogP contribution in [0.1, 0.15) is 43.7 Å². The highest BCUT2D eigenvalue weighted by Gasteiger charge is 2.37. The van der Waals surface area contributed by atoms with E-state index < -0.39 is 0 Å². The number of benzene rings is 1. The van der Waals surface area contributed by atoms with Crippen molar-refractivity contribution in [3.8, 4) is 5.75 Å². The fourth-order valence-electron chi connectivity index (χ4n) is 4.41. The summed E-state index contributed by atoms with van der Waals surface area (Å²) in [4.78, 5) is 27.0. The van der Waals surface area contributed by atoms with Crippen molar-refractivity contribution in [1.29, 1.82) is 0 Å². The molecule has 4 rings (SSSR count). The maximum absolute atomic E-state index is 12.8. The lowest BCUT2D eigenvalue weighted by Gasteiger charge is -2.30. The molecule has 2 aromatic rings. The Morgan fingerprint density at radius 3 is 2.66 bits per heavy atom. The first kappa shape index (κ1) is 19.5. The number of amides is 2. The van der Waals surface area contributed by atoms with Crippen molar-refractivity contribution in [3.63, 3.8) is 0 Å². The van der Waals surface area contributed by atoms with Gasteiger partial charge in [-0.15, -0.1) is 0 Å². The van der Waals surface area contributed by atoms with Crippen LogP contribution in [0.2, 0.25) is 0 Å². The Morgan fingerprint density at radius 1 is 1.21 bits per heavy atom. The van der Waals surface area contributed by atoms with Gasteiger partial charge >= 0.3 is 0 Å². The van der Waals surface area contributed by atoms with Gasteiger partial charge in [0.15, 0.2) is 0 Å². The molecule has 0 spiro atoms. The van der Waals surface area contributed by atoms with Gasteiger partial charge in [0.05, 0.1) is 31.0 Å². The van der Waals surface area contributed by atoms with Gasteiger partial charge < -0.3 is 15.0 Å². The predicted octanol–water partition coefficient (Wildman–Crippen LogP) is 2.85. The number of aromatic nitrogens is 2. The van der Waals surface area contributed by atoms with Crippen molar-refractivity contribution in [1.82, 2.24) is 15.1 Å². The van der Waals surface area contributed by atoms with Gasteiger partial charge in [-0.3, -0.25) is 14.3 Å². The van der Waals surface area contributed by atoms with Crippen molar-refractivity contribution in [2.45, 2.75) is 51.1 Å². The minimum absolute atomic E-state index is 0.0193. The minimum Gasteiger partial charge on any atom is -0.495 e. The molecule has 1 unspecified atom stereocenters. The second kappa shape index (κ2) is 8.27. The van der Waals surface area contributed by atoms with E-state index in [-0.39, 0.29) is 30.2 Å². The summed E-state index contributed by atoms with van der Waals surface area (Å²) in [6, 6.07) is 8.01. The summed E-state index contributed by atoms with van der Waals surface area (Å²) in [6.45, 7) is 2.44. The predicted molar refractivity (Wildman–Crippen MR) is 110 cm³/mol. The van der Waals surface area contributed by atoms with Gasteiger partial charge in [0.25, 0.3) is 0 Å². The van der Waals surface area contributed by atoms with Crippen molar-refractivity contribution in [2.75, 3.05) is 18.6 Å². The van der Waals surface area contributed by atoms with Gasteiger partial charge in [-0.05, 0) is 50.3 Å². The zero-order chi connectivity index (χ0) is 20.4. The number of carbonyl (C=O) groups excluding carboxylic acids is 2. The molecule has 2 amide bonds. The Kier molecular flexibility index (Phi) is 5.56. The lowest BCUT2D eigenvalue weighted by atomic mass is 9.90. The molecule has 7 heteroatoms. The fourth-order valence-corrected chi connectivity index (χ4v) is 4.41. The highest BCUT2D eigenvalue weighted by Crippen LogP contribution is 2.33. The monoisotopic (exact) mass is 396 g/mol. The Morgan fingerprint density at radius 2 is 1.97 bits per heavy atom. The largest absolute Gasteiger partial charge is 0.495 e. The number of hydrogen-bond donors (Lipinski definition) is 1.